The maximum Gasteiger partial charge on any atom is 0.167 e. The average Bonchev–Trinajstić information content (AvgIpc) is 3.41. The summed E-state index contributed by atoms with van der Waals surface area (Å²) in [6.45, 7) is 0. The number of imidazole rings is 1. The number of aliphatic hydroxyl groups excluding tert-OH is 2. The van der Waals surface area contributed by atoms with Gasteiger partial charge in [0.1, 0.15) is 24.1 Å². The molecule has 0 bridgehead atoms. The summed E-state index contributed by atoms with van der Waals surface area (Å²) in [5.74, 6) is 1.57. The van der Waals surface area contributed by atoms with Gasteiger partial charge in [-0.25, -0.2) is 15.0 Å². The van der Waals surface area contributed by atoms with Crippen molar-refractivity contribution in [2.24, 2.45) is 0 Å². The molecular formula is C19H20N6O3S. The number of ether oxygens (including phenoxy) is 1. The number of fused-ring (bicyclic) bond motifs is 2. The lowest BCUT2D eigenvalue weighted by Crippen LogP contribution is -2.32. The van der Waals surface area contributed by atoms with Crippen molar-refractivity contribution < 1.29 is 14.9 Å². The van der Waals surface area contributed by atoms with E-state index in [-0.39, 0.29) is 5.82 Å². The summed E-state index contributed by atoms with van der Waals surface area (Å²) in [5, 5.41) is 22.2. The fourth-order valence-electron chi connectivity index (χ4n) is 3.69. The van der Waals surface area contributed by atoms with Gasteiger partial charge in [0.25, 0.3) is 0 Å². The lowest BCUT2D eigenvalue weighted by molar-refractivity contribution is -0.0289. The van der Waals surface area contributed by atoms with E-state index in [1.807, 2.05) is 24.4 Å². The maximum atomic E-state index is 10.5. The van der Waals surface area contributed by atoms with Crippen LogP contribution < -0.4 is 5.73 Å². The smallest absolute Gasteiger partial charge is 0.167 e. The first-order valence-electron chi connectivity index (χ1n) is 9.21. The van der Waals surface area contributed by atoms with Crippen LogP contribution in [0.5, 0.6) is 0 Å². The molecule has 10 heteroatoms. The van der Waals surface area contributed by atoms with Gasteiger partial charge in [-0.1, -0.05) is 18.2 Å². The number of rotatable bonds is 5. The van der Waals surface area contributed by atoms with Gasteiger partial charge in [0.05, 0.1) is 12.4 Å². The second-order valence-corrected chi connectivity index (χ2v) is 8.03. The minimum atomic E-state index is -1.10. The molecule has 1 saturated heterocycles. The Labute approximate surface area is 169 Å². The number of thioether (sulfide) groups is 1. The Balaban J connectivity index is 1.29. The Morgan fingerprint density at radius 1 is 1.17 bits per heavy atom. The first kappa shape index (κ1) is 18.4. The van der Waals surface area contributed by atoms with E-state index in [1.54, 1.807) is 16.3 Å². The Bertz CT molecular complexity index is 1160. The Hall–Kier alpha value is -2.66. The number of nitrogen functional groups attached to an aromatic ring is 1. The molecule has 0 spiro atoms. The SMILES string of the molecule is Nc1ncnc2c1ncn2[C@@H]1O[C@H](CSCc2c[nH]c3ccccc23)[C@@H](O)[C@H]1O. The van der Waals surface area contributed by atoms with Crippen LogP contribution in [0.2, 0.25) is 0 Å². The largest absolute Gasteiger partial charge is 0.387 e. The monoisotopic (exact) mass is 412 g/mol. The van der Waals surface area contributed by atoms with Crippen LogP contribution in [0, 0.1) is 0 Å². The van der Waals surface area contributed by atoms with Crippen LogP contribution in [-0.4, -0.2) is 58.8 Å². The summed E-state index contributed by atoms with van der Waals surface area (Å²) in [5.41, 5.74) is 9.02. The van der Waals surface area contributed by atoms with E-state index in [9.17, 15) is 10.2 Å². The number of H-pyrrole nitrogens is 1. The minimum Gasteiger partial charge on any atom is -0.387 e. The van der Waals surface area contributed by atoms with Gasteiger partial charge in [0.15, 0.2) is 17.7 Å². The second-order valence-electron chi connectivity index (χ2n) is 7.00. The molecule has 4 heterocycles. The van der Waals surface area contributed by atoms with Crippen molar-refractivity contribution in [2.75, 3.05) is 11.5 Å². The van der Waals surface area contributed by atoms with E-state index >= 15 is 0 Å². The topological polar surface area (TPSA) is 135 Å². The number of hydrogen-bond donors (Lipinski definition) is 4. The summed E-state index contributed by atoms with van der Waals surface area (Å²) in [6, 6.07) is 8.14. The van der Waals surface area contributed by atoms with Gasteiger partial charge in [-0.05, 0) is 11.6 Å². The Morgan fingerprint density at radius 2 is 2.03 bits per heavy atom. The van der Waals surface area contributed by atoms with E-state index in [4.69, 9.17) is 10.5 Å². The molecule has 29 heavy (non-hydrogen) atoms. The van der Waals surface area contributed by atoms with Crippen molar-refractivity contribution in [3.8, 4) is 0 Å². The van der Waals surface area contributed by atoms with Crippen LogP contribution in [-0.2, 0) is 10.5 Å². The average molecular weight is 412 g/mol. The molecule has 0 amide bonds. The van der Waals surface area contributed by atoms with Crippen LogP contribution >= 0.6 is 11.8 Å². The van der Waals surface area contributed by atoms with E-state index in [1.165, 1.54) is 23.6 Å². The molecule has 0 unspecified atom stereocenters. The molecule has 1 fully saturated rings. The lowest BCUT2D eigenvalue weighted by atomic mass is 10.1. The van der Waals surface area contributed by atoms with Crippen molar-refractivity contribution in [3.63, 3.8) is 0 Å². The van der Waals surface area contributed by atoms with Gasteiger partial charge in [0.2, 0.25) is 0 Å². The van der Waals surface area contributed by atoms with Crippen molar-refractivity contribution in [1.82, 2.24) is 24.5 Å². The molecule has 0 saturated carbocycles. The number of nitrogens with two attached hydrogens (primary N) is 1. The number of aliphatic hydroxyl groups is 2. The van der Waals surface area contributed by atoms with E-state index in [2.05, 4.69) is 26.0 Å². The molecule has 4 aromatic rings. The fraction of sp³-hybridized carbons (Fsp3) is 0.316. The third-order valence-electron chi connectivity index (χ3n) is 5.21. The number of para-hydroxylation sites is 1. The van der Waals surface area contributed by atoms with E-state index in [0.717, 1.165) is 11.3 Å². The highest BCUT2D eigenvalue weighted by Gasteiger charge is 2.44. The molecular weight excluding hydrogens is 392 g/mol. The summed E-state index contributed by atoms with van der Waals surface area (Å²) < 4.78 is 7.57. The summed E-state index contributed by atoms with van der Waals surface area (Å²) >= 11 is 1.65. The third kappa shape index (κ3) is 3.14. The first-order valence-corrected chi connectivity index (χ1v) is 10.4. The van der Waals surface area contributed by atoms with Gasteiger partial charge in [-0.15, -0.1) is 0 Å². The molecule has 5 rings (SSSR count). The molecule has 3 aromatic heterocycles. The minimum absolute atomic E-state index is 0.257. The van der Waals surface area contributed by atoms with Gasteiger partial charge in [-0.2, -0.15) is 11.8 Å². The van der Waals surface area contributed by atoms with Crippen molar-refractivity contribution >= 4 is 39.6 Å². The van der Waals surface area contributed by atoms with Crippen LogP contribution in [0.15, 0.2) is 43.1 Å². The molecule has 1 aromatic carbocycles. The highest BCUT2D eigenvalue weighted by Crippen LogP contribution is 2.34. The summed E-state index contributed by atoms with van der Waals surface area (Å²) in [4.78, 5) is 15.6. The number of aromatic amines is 1. The van der Waals surface area contributed by atoms with Crippen LogP contribution in [0.3, 0.4) is 0 Å². The predicted octanol–water partition coefficient (Wildman–Crippen LogP) is 1.44. The highest BCUT2D eigenvalue weighted by atomic mass is 32.2. The zero-order valence-electron chi connectivity index (χ0n) is 15.3. The molecule has 4 atom stereocenters. The number of nitrogens with one attached hydrogen (secondary N) is 1. The number of hydrogen-bond acceptors (Lipinski definition) is 8. The predicted molar refractivity (Wildman–Crippen MR) is 110 cm³/mol. The molecule has 5 N–H and O–H groups in total. The van der Waals surface area contributed by atoms with E-state index < -0.39 is 24.5 Å². The quantitative estimate of drug-likeness (QED) is 0.387. The highest BCUT2D eigenvalue weighted by molar-refractivity contribution is 7.98. The standard InChI is InChI=1S/C19H20N6O3S/c20-17-14-18(23-8-22-17)25(9-24-14)19-16(27)15(26)13(28-19)7-29-6-10-5-21-12-4-2-1-3-11(10)12/h1-5,8-9,13,15-16,19,21,26-27H,6-7H2,(H2,20,22,23)/t13-,15-,16-,19-/m1/s1. The molecule has 1 aliphatic heterocycles. The fourth-order valence-corrected chi connectivity index (χ4v) is 4.77. The first-order chi connectivity index (χ1) is 14.1. The molecule has 9 nitrogen and oxygen atoms in total. The summed E-state index contributed by atoms with van der Waals surface area (Å²) in [7, 11) is 0. The molecule has 0 aliphatic carbocycles. The van der Waals surface area contributed by atoms with Gasteiger partial charge in [-0.3, -0.25) is 4.57 Å². The zero-order valence-corrected chi connectivity index (χ0v) is 16.2. The van der Waals surface area contributed by atoms with Crippen molar-refractivity contribution in [1.29, 1.82) is 0 Å². The lowest BCUT2D eigenvalue weighted by Gasteiger charge is -2.16. The molecule has 0 radical (unpaired) electrons. The normalized spacial score (nSPS) is 24.6. The maximum absolute atomic E-state index is 10.5. The zero-order chi connectivity index (χ0) is 20.0. The Morgan fingerprint density at radius 3 is 2.93 bits per heavy atom. The Kier molecular flexibility index (Phi) is 4.63. The van der Waals surface area contributed by atoms with Crippen molar-refractivity contribution in [3.05, 3.63) is 48.7 Å². The summed E-state index contributed by atoms with van der Waals surface area (Å²) in [6.07, 6.45) is 1.43. The van der Waals surface area contributed by atoms with Gasteiger partial charge in [0, 0.05) is 28.6 Å². The van der Waals surface area contributed by atoms with Crippen LogP contribution in [0.4, 0.5) is 5.82 Å². The van der Waals surface area contributed by atoms with Gasteiger partial charge >= 0.3 is 0 Å². The van der Waals surface area contributed by atoms with Crippen molar-refractivity contribution in [2.45, 2.75) is 30.3 Å². The number of nitrogens with zero attached hydrogens (tertiary/aromatic N) is 4. The van der Waals surface area contributed by atoms with Gasteiger partial charge < -0.3 is 25.7 Å². The second kappa shape index (κ2) is 7.30. The number of benzene rings is 1. The van der Waals surface area contributed by atoms with Crippen LogP contribution in [0.1, 0.15) is 11.8 Å². The molecule has 1 aliphatic rings. The number of aromatic nitrogens is 5. The van der Waals surface area contributed by atoms with E-state index in [0.29, 0.717) is 16.9 Å². The number of anilines is 1. The molecule has 150 valence electrons. The van der Waals surface area contributed by atoms with Crippen LogP contribution in [0.25, 0.3) is 22.1 Å². The third-order valence-corrected chi connectivity index (χ3v) is 6.29.